The van der Waals surface area contributed by atoms with Crippen molar-refractivity contribution in [1.29, 1.82) is 0 Å². The predicted molar refractivity (Wildman–Crippen MR) is 145 cm³/mol. The maximum Gasteiger partial charge on any atom is 0.323 e. The van der Waals surface area contributed by atoms with E-state index in [2.05, 4.69) is 44.4 Å². The zero-order valence-electron chi connectivity index (χ0n) is 22.7. The molecule has 0 aliphatic carbocycles. The van der Waals surface area contributed by atoms with E-state index in [0.717, 1.165) is 30.8 Å². The summed E-state index contributed by atoms with van der Waals surface area (Å²) in [7, 11) is 1.46. The number of carbonyl (C=O) groups excluding carboxylic acids is 3. The lowest BCUT2D eigenvalue weighted by atomic mass is 9.99. The van der Waals surface area contributed by atoms with Crippen LogP contribution >= 0.6 is 0 Å². The SMILES string of the molecule is CCN1CCN(C(=NO)c2cnc(C#C[C@]3(CN4Cc5ccc(C)cc5C4=O)NC(=O)NC3=O)c(OC)c2)CC1. The van der Waals surface area contributed by atoms with Gasteiger partial charge in [0.05, 0.1) is 13.7 Å². The van der Waals surface area contributed by atoms with E-state index in [1.807, 2.05) is 30.0 Å². The van der Waals surface area contributed by atoms with Gasteiger partial charge in [-0.1, -0.05) is 35.7 Å². The maximum absolute atomic E-state index is 13.1. The van der Waals surface area contributed by atoms with Gasteiger partial charge in [0.25, 0.3) is 11.8 Å². The Morgan fingerprint density at radius 1 is 1.20 bits per heavy atom. The van der Waals surface area contributed by atoms with Crippen molar-refractivity contribution in [1.82, 2.24) is 30.3 Å². The van der Waals surface area contributed by atoms with Crippen LogP contribution in [-0.4, -0.2) is 100 Å². The van der Waals surface area contributed by atoms with E-state index in [1.54, 1.807) is 6.07 Å². The molecule has 0 spiro atoms. The van der Waals surface area contributed by atoms with Crippen molar-refractivity contribution in [3.05, 3.63) is 58.4 Å². The predicted octanol–water partition coefficient (Wildman–Crippen LogP) is 0.758. The zero-order valence-corrected chi connectivity index (χ0v) is 22.7. The van der Waals surface area contributed by atoms with Gasteiger partial charge < -0.3 is 30.0 Å². The number of amides is 4. The van der Waals surface area contributed by atoms with Gasteiger partial charge in [-0.2, -0.15) is 0 Å². The van der Waals surface area contributed by atoms with E-state index in [0.29, 0.717) is 42.3 Å². The van der Waals surface area contributed by atoms with E-state index in [4.69, 9.17) is 4.74 Å². The van der Waals surface area contributed by atoms with Crippen LogP contribution in [0.2, 0.25) is 0 Å². The van der Waals surface area contributed by atoms with Gasteiger partial charge in [-0.3, -0.25) is 14.9 Å². The van der Waals surface area contributed by atoms with Gasteiger partial charge in [-0.25, -0.2) is 9.78 Å². The minimum Gasteiger partial charge on any atom is -0.494 e. The van der Waals surface area contributed by atoms with Crippen LogP contribution in [0.1, 0.15) is 39.7 Å². The number of piperazine rings is 1. The van der Waals surface area contributed by atoms with Crippen LogP contribution in [0.15, 0.2) is 35.6 Å². The van der Waals surface area contributed by atoms with Crippen molar-refractivity contribution in [3.8, 4) is 17.6 Å². The molecule has 3 aliphatic heterocycles. The van der Waals surface area contributed by atoms with Crippen molar-refractivity contribution in [2.24, 2.45) is 5.16 Å². The van der Waals surface area contributed by atoms with Gasteiger partial charge in [0.1, 0.15) is 0 Å². The highest BCUT2D eigenvalue weighted by Gasteiger charge is 2.48. The van der Waals surface area contributed by atoms with Gasteiger partial charge in [0.2, 0.25) is 5.54 Å². The Labute approximate surface area is 232 Å². The summed E-state index contributed by atoms with van der Waals surface area (Å²) in [5.41, 5.74) is 1.47. The third-order valence-corrected chi connectivity index (χ3v) is 7.45. The van der Waals surface area contributed by atoms with Crippen LogP contribution < -0.4 is 15.4 Å². The summed E-state index contributed by atoms with van der Waals surface area (Å²) in [6.45, 7) is 8.23. The minimum absolute atomic E-state index is 0.143. The lowest BCUT2D eigenvalue weighted by Crippen LogP contribution is -2.54. The van der Waals surface area contributed by atoms with Gasteiger partial charge in [0, 0.05) is 50.0 Å². The molecule has 1 aromatic heterocycles. The molecule has 2 saturated heterocycles. The summed E-state index contributed by atoms with van der Waals surface area (Å²) in [5, 5.41) is 18.1. The van der Waals surface area contributed by atoms with E-state index >= 15 is 0 Å². The summed E-state index contributed by atoms with van der Waals surface area (Å²) in [6.07, 6.45) is 1.52. The van der Waals surface area contributed by atoms with E-state index < -0.39 is 17.5 Å². The number of nitrogens with zero attached hydrogens (tertiary/aromatic N) is 5. The number of rotatable bonds is 5. The number of pyridine rings is 1. The smallest absolute Gasteiger partial charge is 0.323 e. The fourth-order valence-electron chi connectivity index (χ4n) is 5.18. The van der Waals surface area contributed by atoms with Crippen molar-refractivity contribution >= 4 is 23.7 Å². The minimum atomic E-state index is -1.67. The van der Waals surface area contributed by atoms with Crippen molar-refractivity contribution in [2.75, 3.05) is 46.4 Å². The van der Waals surface area contributed by atoms with Gasteiger partial charge in [-0.15, -0.1) is 0 Å². The molecule has 40 heavy (non-hydrogen) atoms. The van der Waals surface area contributed by atoms with Gasteiger partial charge in [-0.05, 0) is 37.1 Å². The molecule has 3 aliphatic rings. The highest BCUT2D eigenvalue weighted by molar-refractivity contribution is 6.10. The number of aromatic nitrogens is 1. The van der Waals surface area contributed by atoms with Crippen LogP contribution in [-0.2, 0) is 11.3 Å². The maximum atomic E-state index is 13.1. The molecule has 12 nitrogen and oxygen atoms in total. The number of likely N-dealkylation sites (N-methyl/N-ethyl adjacent to an activating group) is 1. The van der Waals surface area contributed by atoms with Gasteiger partial charge >= 0.3 is 6.03 Å². The molecule has 0 bridgehead atoms. The molecule has 2 aromatic rings. The Morgan fingerprint density at radius 2 is 1.98 bits per heavy atom. The first-order valence-corrected chi connectivity index (χ1v) is 13.1. The third-order valence-electron chi connectivity index (χ3n) is 7.45. The molecule has 1 atom stereocenters. The van der Waals surface area contributed by atoms with Crippen LogP contribution in [0.3, 0.4) is 0 Å². The summed E-state index contributed by atoms with van der Waals surface area (Å²) >= 11 is 0. The molecular formula is C28H31N7O5. The van der Waals surface area contributed by atoms with E-state index in [1.165, 1.54) is 18.2 Å². The molecule has 4 heterocycles. The number of methoxy groups -OCH3 is 1. The number of benzene rings is 1. The summed E-state index contributed by atoms with van der Waals surface area (Å²) in [5.74, 6) is 5.53. The second-order valence-electron chi connectivity index (χ2n) is 10.0. The van der Waals surface area contributed by atoms with Crippen molar-refractivity contribution < 1.29 is 24.3 Å². The second kappa shape index (κ2) is 10.9. The number of urea groups is 1. The van der Waals surface area contributed by atoms with Crippen LogP contribution in [0, 0.1) is 18.8 Å². The molecule has 4 amide bonds. The molecule has 12 heteroatoms. The molecule has 3 N–H and O–H groups in total. The quantitative estimate of drug-likeness (QED) is 0.125. The third kappa shape index (κ3) is 5.03. The Morgan fingerprint density at radius 3 is 2.62 bits per heavy atom. The summed E-state index contributed by atoms with van der Waals surface area (Å²) < 4.78 is 5.52. The molecular weight excluding hydrogens is 514 g/mol. The number of imide groups is 1. The van der Waals surface area contributed by atoms with Crippen LogP contribution in [0.25, 0.3) is 0 Å². The van der Waals surface area contributed by atoms with E-state index in [-0.39, 0.29) is 18.1 Å². The zero-order chi connectivity index (χ0) is 28.4. The number of carbonyl (C=O) groups is 3. The average molecular weight is 546 g/mol. The van der Waals surface area contributed by atoms with Crippen LogP contribution in [0.5, 0.6) is 5.75 Å². The number of hydrogen-bond acceptors (Lipinski definition) is 8. The highest BCUT2D eigenvalue weighted by Crippen LogP contribution is 2.27. The monoisotopic (exact) mass is 545 g/mol. The fourth-order valence-corrected chi connectivity index (χ4v) is 5.18. The lowest BCUT2D eigenvalue weighted by Gasteiger charge is -2.35. The Kier molecular flexibility index (Phi) is 7.32. The number of hydrogen-bond donors (Lipinski definition) is 3. The molecule has 208 valence electrons. The molecule has 2 fully saturated rings. The molecule has 0 saturated carbocycles. The van der Waals surface area contributed by atoms with Crippen molar-refractivity contribution in [3.63, 3.8) is 0 Å². The average Bonchev–Trinajstić information content (AvgIpc) is 3.42. The number of fused-ring (bicyclic) bond motifs is 1. The molecule has 1 aromatic carbocycles. The first-order valence-electron chi connectivity index (χ1n) is 13.1. The number of ether oxygens (including phenoxy) is 1. The van der Waals surface area contributed by atoms with Gasteiger partial charge in [0.15, 0.2) is 17.3 Å². The first-order chi connectivity index (χ1) is 19.3. The Hall–Kier alpha value is -4.63. The topological polar surface area (TPSA) is 140 Å². The number of oxime groups is 1. The van der Waals surface area contributed by atoms with Crippen LogP contribution in [0.4, 0.5) is 4.79 Å². The van der Waals surface area contributed by atoms with Crippen molar-refractivity contribution in [2.45, 2.75) is 25.9 Å². The number of amidine groups is 1. The second-order valence-corrected chi connectivity index (χ2v) is 10.0. The summed E-state index contributed by atoms with van der Waals surface area (Å²) in [6, 6.07) is 6.60. The highest BCUT2D eigenvalue weighted by atomic mass is 16.5. The standard InChI is InChI=1S/C28H31N7O5/c1-4-33-9-11-34(12-10-33)24(32-39)20-14-23(40-3)22(29-15-20)7-8-28(26(37)30-27(38)31-28)17-35-16-19-6-5-18(2)13-21(19)25(35)36/h5-6,13-15,39H,4,9-12,16-17H2,1-3H3,(H2,30,31,37,38)/t28-/m1/s1. The fraction of sp³-hybridized carbons (Fsp3) is 0.393. The van der Waals surface area contributed by atoms with E-state index in [9.17, 15) is 19.6 Å². The molecule has 0 radical (unpaired) electrons. The Balaban J connectivity index is 1.41. The normalized spacial score (nSPS) is 21.1. The summed E-state index contributed by atoms with van der Waals surface area (Å²) in [4.78, 5) is 48.4. The Bertz CT molecular complexity index is 1450. The molecule has 0 unspecified atom stereocenters. The first kappa shape index (κ1) is 27.0. The number of nitrogens with one attached hydrogen (secondary N) is 2. The lowest BCUT2D eigenvalue weighted by molar-refractivity contribution is -0.122. The molecule has 5 rings (SSSR count). The largest absolute Gasteiger partial charge is 0.494 e. The number of aryl methyl sites for hydroxylation is 1.